The Kier molecular flexibility index (Phi) is 4.68. The first-order valence-corrected chi connectivity index (χ1v) is 9.68. The molecule has 8 heteroatoms. The van der Waals surface area contributed by atoms with E-state index >= 15 is 0 Å². The Morgan fingerprint density at radius 2 is 1.92 bits per heavy atom. The molecule has 0 aromatic heterocycles. The van der Waals surface area contributed by atoms with Crippen LogP contribution in [0.1, 0.15) is 6.42 Å². The van der Waals surface area contributed by atoms with Crippen molar-refractivity contribution in [3.63, 3.8) is 0 Å². The Morgan fingerprint density at radius 3 is 2.62 bits per heavy atom. The zero-order valence-electron chi connectivity index (χ0n) is 12.9. The first kappa shape index (κ1) is 16.7. The van der Waals surface area contributed by atoms with Crippen LogP contribution >= 0.6 is 11.8 Å². The lowest BCUT2D eigenvalue weighted by Crippen LogP contribution is -2.14. The third kappa shape index (κ3) is 3.65. The molecule has 3 rings (SSSR count). The second-order valence-electron chi connectivity index (χ2n) is 5.14. The number of benzene rings is 2. The molecule has 0 saturated heterocycles. The molecule has 1 heterocycles. The SMILES string of the molecule is COc1ccc(NS(=O)(=O)c2ccc3c(c2)NC(=O)CCS3)cc1. The van der Waals surface area contributed by atoms with Crippen molar-refractivity contribution in [2.45, 2.75) is 16.2 Å². The third-order valence-corrected chi connectivity index (χ3v) is 5.92. The van der Waals surface area contributed by atoms with Gasteiger partial charge in [0, 0.05) is 22.8 Å². The van der Waals surface area contributed by atoms with E-state index in [4.69, 9.17) is 4.74 Å². The molecule has 1 aliphatic heterocycles. The maximum absolute atomic E-state index is 12.5. The zero-order chi connectivity index (χ0) is 17.2. The molecule has 0 saturated carbocycles. The molecular formula is C16H16N2O4S2. The number of nitrogens with one attached hydrogen (secondary N) is 2. The number of thioether (sulfide) groups is 1. The highest BCUT2D eigenvalue weighted by Crippen LogP contribution is 2.33. The highest BCUT2D eigenvalue weighted by Gasteiger charge is 2.19. The van der Waals surface area contributed by atoms with Crippen LogP contribution in [0.2, 0.25) is 0 Å². The molecule has 0 aliphatic carbocycles. The predicted molar refractivity (Wildman–Crippen MR) is 94.2 cm³/mol. The number of rotatable bonds is 4. The molecule has 2 aromatic rings. The standard InChI is InChI=1S/C16H16N2O4S2/c1-22-12-4-2-11(3-5-12)18-24(20,21)13-6-7-15-14(10-13)17-16(19)8-9-23-15/h2-7,10,18H,8-9H2,1H3,(H,17,19). The topological polar surface area (TPSA) is 84.5 Å². The van der Waals surface area contributed by atoms with E-state index in [1.54, 1.807) is 37.4 Å². The molecule has 2 N–H and O–H groups in total. The fraction of sp³-hybridized carbons (Fsp3) is 0.188. The number of carbonyl (C=O) groups is 1. The Hall–Kier alpha value is -2.19. The number of anilines is 2. The van der Waals surface area contributed by atoms with Crippen molar-refractivity contribution in [1.29, 1.82) is 0 Å². The van der Waals surface area contributed by atoms with Gasteiger partial charge in [-0.15, -0.1) is 11.8 Å². The Morgan fingerprint density at radius 1 is 1.17 bits per heavy atom. The van der Waals surface area contributed by atoms with Gasteiger partial charge in [0.2, 0.25) is 5.91 Å². The third-order valence-electron chi connectivity index (χ3n) is 3.46. The zero-order valence-corrected chi connectivity index (χ0v) is 14.5. The van der Waals surface area contributed by atoms with E-state index in [-0.39, 0.29) is 10.8 Å². The number of fused-ring (bicyclic) bond motifs is 1. The lowest BCUT2D eigenvalue weighted by Gasteiger charge is -2.12. The summed E-state index contributed by atoms with van der Waals surface area (Å²) in [7, 11) is -2.20. The largest absolute Gasteiger partial charge is 0.497 e. The summed E-state index contributed by atoms with van der Waals surface area (Å²) in [5.74, 6) is 1.20. The molecule has 1 aliphatic rings. The van der Waals surface area contributed by atoms with Crippen molar-refractivity contribution >= 4 is 39.1 Å². The van der Waals surface area contributed by atoms with Crippen LogP contribution in [0, 0.1) is 0 Å². The normalized spacial score (nSPS) is 14.3. The molecule has 6 nitrogen and oxygen atoms in total. The Labute approximate surface area is 144 Å². The monoisotopic (exact) mass is 364 g/mol. The summed E-state index contributed by atoms with van der Waals surface area (Å²) in [4.78, 5) is 12.6. The van der Waals surface area contributed by atoms with E-state index in [0.29, 0.717) is 29.3 Å². The van der Waals surface area contributed by atoms with Crippen LogP contribution in [-0.2, 0) is 14.8 Å². The van der Waals surface area contributed by atoms with Crippen molar-refractivity contribution in [2.75, 3.05) is 22.9 Å². The van der Waals surface area contributed by atoms with Gasteiger partial charge in [-0.25, -0.2) is 8.42 Å². The van der Waals surface area contributed by atoms with Crippen molar-refractivity contribution < 1.29 is 17.9 Å². The van der Waals surface area contributed by atoms with Gasteiger partial charge in [-0.05, 0) is 42.5 Å². The van der Waals surface area contributed by atoms with Crippen LogP contribution < -0.4 is 14.8 Å². The number of hydrogen-bond donors (Lipinski definition) is 2. The van der Waals surface area contributed by atoms with Crippen LogP contribution in [0.15, 0.2) is 52.3 Å². The van der Waals surface area contributed by atoms with Gasteiger partial charge in [-0.2, -0.15) is 0 Å². The molecule has 0 radical (unpaired) electrons. The number of ether oxygens (including phenoxy) is 1. The minimum atomic E-state index is -3.75. The molecule has 0 spiro atoms. The van der Waals surface area contributed by atoms with E-state index in [2.05, 4.69) is 10.0 Å². The smallest absolute Gasteiger partial charge is 0.261 e. The molecule has 2 aromatic carbocycles. The minimum absolute atomic E-state index is 0.0971. The summed E-state index contributed by atoms with van der Waals surface area (Å²) in [5.41, 5.74) is 0.962. The highest BCUT2D eigenvalue weighted by molar-refractivity contribution is 7.99. The van der Waals surface area contributed by atoms with E-state index in [0.717, 1.165) is 4.90 Å². The molecule has 24 heavy (non-hydrogen) atoms. The van der Waals surface area contributed by atoms with Crippen LogP contribution in [0.3, 0.4) is 0 Å². The number of amides is 1. The van der Waals surface area contributed by atoms with Crippen LogP contribution in [-0.4, -0.2) is 27.2 Å². The number of hydrogen-bond acceptors (Lipinski definition) is 5. The van der Waals surface area contributed by atoms with Gasteiger partial charge in [0.05, 0.1) is 17.7 Å². The lowest BCUT2D eigenvalue weighted by atomic mass is 10.3. The molecule has 0 bridgehead atoms. The lowest BCUT2D eigenvalue weighted by molar-refractivity contribution is -0.115. The van der Waals surface area contributed by atoms with Gasteiger partial charge >= 0.3 is 0 Å². The number of carbonyl (C=O) groups excluding carboxylic acids is 1. The van der Waals surface area contributed by atoms with E-state index in [9.17, 15) is 13.2 Å². The summed E-state index contributed by atoms with van der Waals surface area (Å²) < 4.78 is 32.7. The van der Waals surface area contributed by atoms with Crippen molar-refractivity contribution in [3.05, 3.63) is 42.5 Å². The van der Waals surface area contributed by atoms with Gasteiger partial charge in [-0.3, -0.25) is 9.52 Å². The van der Waals surface area contributed by atoms with Gasteiger partial charge < -0.3 is 10.1 Å². The van der Waals surface area contributed by atoms with E-state index in [1.807, 2.05) is 0 Å². The molecule has 126 valence electrons. The minimum Gasteiger partial charge on any atom is -0.497 e. The summed E-state index contributed by atoms with van der Waals surface area (Å²) in [6, 6.07) is 11.3. The second-order valence-corrected chi connectivity index (χ2v) is 7.96. The fourth-order valence-electron chi connectivity index (χ4n) is 2.24. The van der Waals surface area contributed by atoms with E-state index < -0.39 is 10.0 Å². The summed E-state index contributed by atoms with van der Waals surface area (Å²) in [6.45, 7) is 0. The number of methoxy groups -OCH3 is 1. The highest BCUT2D eigenvalue weighted by atomic mass is 32.2. The molecule has 0 unspecified atom stereocenters. The quantitative estimate of drug-likeness (QED) is 0.871. The van der Waals surface area contributed by atoms with Crippen LogP contribution in [0.4, 0.5) is 11.4 Å². The fourth-order valence-corrected chi connectivity index (χ4v) is 4.26. The Balaban J connectivity index is 1.87. The first-order chi connectivity index (χ1) is 11.5. The summed E-state index contributed by atoms with van der Waals surface area (Å²) in [6.07, 6.45) is 0.408. The van der Waals surface area contributed by atoms with Crippen LogP contribution in [0.5, 0.6) is 5.75 Å². The Bertz CT molecular complexity index is 864. The van der Waals surface area contributed by atoms with Gasteiger partial charge in [-0.1, -0.05) is 0 Å². The van der Waals surface area contributed by atoms with Gasteiger partial charge in [0.15, 0.2) is 0 Å². The molecular weight excluding hydrogens is 348 g/mol. The predicted octanol–water partition coefficient (Wildman–Crippen LogP) is 2.93. The molecule has 0 atom stereocenters. The van der Waals surface area contributed by atoms with E-state index in [1.165, 1.54) is 23.9 Å². The van der Waals surface area contributed by atoms with Crippen molar-refractivity contribution in [1.82, 2.24) is 0 Å². The average molecular weight is 364 g/mol. The molecule has 1 amide bonds. The average Bonchev–Trinajstić information content (AvgIpc) is 2.75. The summed E-state index contributed by atoms with van der Waals surface area (Å²) in [5, 5.41) is 2.75. The number of sulfonamides is 1. The summed E-state index contributed by atoms with van der Waals surface area (Å²) >= 11 is 1.53. The second kappa shape index (κ2) is 6.74. The maximum Gasteiger partial charge on any atom is 0.261 e. The first-order valence-electron chi connectivity index (χ1n) is 7.21. The van der Waals surface area contributed by atoms with Crippen molar-refractivity contribution in [3.8, 4) is 5.75 Å². The maximum atomic E-state index is 12.5. The molecule has 0 fully saturated rings. The van der Waals surface area contributed by atoms with Gasteiger partial charge in [0.25, 0.3) is 10.0 Å². The van der Waals surface area contributed by atoms with Crippen molar-refractivity contribution in [2.24, 2.45) is 0 Å². The van der Waals surface area contributed by atoms with Gasteiger partial charge in [0.1, 0.15) is 5.75 Å². The van der Waals surface area contributed by atoms with Crippen LogP contribution in [0.25, 0.3) is 0 Å².